The minimum atomic E-state index is 0. The van der Waals surface area contributed by atoms with Gasteiger partial charge in [-0.25, -0.2) is 0 Å². The van der Waals surface area contributed by atoms with Crippen LogP contribution in [0.1, 0.15) is 30.4 Å². The molecule has 2 rings (SSSR count). The number of furan rings is 1. The molecular weight excluding hydrogens is 421 g/mol. The van der Waals surface area contributed by atoms with Crippen LogP contribution in [0, 0.1) is 0 Å². The van der Waals surface area contributed by atoms with Crippen LogP contribution in [0.15, 0.2) is 45.3 Å². The predicted molar refractivity (Wildman–Crippen MR) is 109 cm³/mol. The molecule has 2 aromatic rings. The van der Waals surface area contributed by atoms with Crippen LogP contribution in [0.3, 0.4) is 0 Å². The van der Waals surface area contributed by atoms with Crippen LogP contribution in [-0.4, -0.2) is 25.6 Å². The van der Waals surface area contributed by atoms with E-state index in [9.17, 15) is 0 Å². The molecule has 0 saturated carbocycles. The minimum absolute atomic E-state index is 0. The molecular formula is C17H26IN3OS. The van der Waals surface area contributed by atoms with Crippen molar-refractivity contribution in [3.8, 4) is 0 Å². The van der Waals surface area contributed by atoms with Crippen molar-refractivity contribution in [1.82, 2.24) is 10.6 Å². The van der Waals surface area contributed by atoms with Gasteiger partial charge in [0.2, 0.25) is 0 Å². The molecule has 0 aliphatic heterocycles. The van der Waals surface area contributed by atoms with Gasteiger partial charge in [0.1, 0.15) is 5.76 Å². The van der Waals surface area contributed by atoms with Crippen LogP contribution in [-0.2, 0) is 12.8 Å². The van der Waals surface area contributed by atoms with Crippen LogP contribution in [0.2, 0.25) is 0 Å². The minimum Gasteiger partial charge on any atom is -0.469 e. The third kappa shape index (κ3) is 8.41. The van der Waals surface area contributed by atoms with Crippen molar-refractivity contribution in [1.29, 1.82) is 0 Å². The Morgan fingerprint density at radius 3 is 2.65 bits per heavy atom. The summed E-state index contributed by atoms with van der Waals surface area (Å²) in [7, 11) is 0. The molecule has 2 heterocycles. The zero-order valence-electron chi connectivity index (χ0n) is 13.6. The van der Waals surface area contributed by atoms with E-state index in [0.717, 1.165) is 50.6 Å². The number of hydrogen-bond donors (Lipinski definition) is 2. The summed E-state index contributed by atoms with van der Waals surface area (Å²) in [5.41, 5.74) is 0. The lowest BCUT2D eigenvalue weighted by Gasteiger charge is -2.12. The second-order valence-electron chi connectivity index (χ2n) is 5.10. The van der Waals surface area contributed by atoms with Gasteiger partial charge in [0, 0.05) is 30.9 Å². The lowest BCUT2D eigenvalue weighted by Crippen LogP contribution is -2.39. The van der Waals surface area contributed by atoms with Crippen LogP contribution in [0.4, 0.5) is 0 Å². The topological polar surface area (TPSA) is 49.6 Å². The van der Waals surface area contributed by atoms with Crippen molar-refractivity contribution >= 4 is 41.3 Å². The fourth-order valence-corrected chi connectivity index (χ4v) is 2.75. The molecule has 0 radical (unpaired) electrons. The number of guanidine groups is 1. The highest BCUT2D eigenvalue weighted by atomic mass is 127. The first-order valence-electron chi connectivity index (χ1n) is 7.95. The summed E-state index contributed by atoms with van der Waals surface area (Å²) in [5.74, 6) is 1.90. The molecule has 0 aromatic carbocycles. The first-order valence-corrected chi connectivity index (χ1v) is 8.83. The Balaban J connectivity index is 0.00000264. The molecule has 0 amide bonds. The van der Waals surface area contributed by atoms with Crippen LogP contribution in [0.25, 0.3) is 0 Å². The Bertz CT molecular complexity index is 484. The SMILES string of the molecule is CCCCN=C(NCCc1ccco1)NCCc1cccs1.I. The van der Waals surface area contributed by atoms with E-state index in [-0.39, 0.29) is 24.0 Å². The van der Waals surface area contributed by atoms with E-state index in [2.05, 4.69) is 40.1 Å². The van der Waals surface area contributed by atoms with Gasteiger partial charge < -0.3 is 15.1 Å². The van der Waals surface area contributed by atoms with E-state index < -0.39 is 0 Å². The second-order valence-corrected chi connectivity index (χ2v) is 6.13. The normalized spacial score (nSPS) is 11.1. The number of unbranched alkanes of at least 4 members (excludes halogenated alkanes) is 1. The zero-order valence-corrected chi connectivity index (χ0v) is 16.7. The summed E-state index contributed by atoms with van der Waals surface area (Å²) in [6, 6.07) is 8.19. The third-order valence-electron chi connectivity index (χ3n) is 3.27. The molecule has 0 saturated heterocycles. The molecule has 0 atom stereocenters. The van der Waals surface area contributed by atoms with Crippen molar-refractivity contribution in [3.63, 3.8) is 0 Å². The Morgan fingerprint density at radius 2 is 2.00 bits per heavy atom. The van der Waals surface area contributed by atoms with Gasteiger partial charge in [0.05, 0.1) is 6.26 Å². The highest BCUT2D eigenvalue weighted by Crippen LogP contribution is 2.08. The number of aliphatic imine (C=N–C) groups is 1. The van der Waals surface area contributed by atoms with Crippen LogP contribution < -0.4 is 10.6 Å². The Hall–Kier alpha value is -1.02. The Labute approximate surface area is 159 Å². The summed E-state index contributed by atoms with van der Waals surface area (Å²) >= 11 is 1.80. The second kappa shape index (κ2) is 12.4. The van der Waals surface area contributed by atoms with Gasteiger partial charge in [-0.3, -0.25) is 4.99 Å². The average molecular weight is 447 g/mol. The van der Waals surface area contributed by atoms with Crippen molar-refractivity contribution in [2.45, 2.75) is 32.6 Å². The fourth-order valence-electron chi connectivity index (χ4n) is 2.04. The summed E-state index contributed by atoms with van der Waals surface area (Å²) in [6.07, 6.45) is 5.90. The quantitative estimate of drug-likeness (QED) is 0.264. The van der Waals surface area contributed by atoms with Crippen LogP contribution >= 0.6 is 35.3 Å². The van der Waals surface area contributed by atoms with Crippen molar-refractivity contribution in [3.05, 3.63) is 46.5 Å². The standard InChI is InChI=1S/C17H25N3OS.HI/c1-2-3-10-18-17(19-11-8-15-6-4-13-21-15)20-12-9-16-7-5-14-22-16;/h4-7,13-14H,2-3,8-12H2,1H3,(H2,18,19,20);1H. The van der Waals surface area contributed by atoms with E-state index in [1.54, 1.807) is 17.6 Å². The van der Waals surface area contributed by atoms with E-state index >= 15 is 0 Å². The average Bonchev–Trinajstić information content (AvgIpc) is 3.20. The molecule has 0 unspecified atom stereocenters. The van der Waals surface area contributed by atoms with E-state index in [0.29, 0.717) is 0 Å². The maximum Gasteiger partial charge on any atom is 0.191 e. The summed E-state index contributed by atoms with van der Waals surface area (Å²) in [6.45, 7) is 4.78. The maximum atomic E-state index is 5.35. The molecule has 6 heteroatoms. The summed E-state index contributed by atoms with van der Waals surface area (Å²) < 4.78 is 5.35. The lowest BCUT2D eigenvalue weighted by atomic mass is 10.3. The number of nitrogens with zero attached hydrogens (tertiary/aromatic N) is 1. The van der Waals surface area contributed by atoms with E-state index in [4.69, 9.17) is 4.42 Å². The zero-order chi connectivity index (χ0) is 15.5. The summed E-state index contributed by atoms with van der Waals surface area (Å²) in [4.78, 5) is 6.02. The van der Waals surface area contributed by atoms with Crippen LogP contribution in [0.5, 0.6) is 0 Å². The monoisotopic (exact) mass is 447 g/mol. The van der Waals surface area contributed by atoms with Gasteiger partial charge in [0.15, 0.2) is 5.96 Å². The summed E-state index contributed by atoms with van der Waals surface area (Å²) in [5, 5.41) is 8.91. The number of thiophene rings is 1. The molecule has 0 fully saturated rings. The van der Waals surface area contributed by atoms with Gasteiger partial charge in [-0.2, -0.15) is 0 Å². The molecule has 0 aliphatic rings. The molecule has 2 aromatic heterocycles. The highest BCUT2D eigenvalue weighted by Gasteiger charge is 2.01. The van der Waals surface area contributed by atoms with Gasteiger partial charge in [-0.05, 0) is 36.4 Å². The van der Waals surface area contributed by atoms with Gasteiger partial charge in [-0.1, -0.05) is 19.4 Å². The first kappa shape index (κ1) is 20.0. The van der Waals surface area contributed by atoms with E-state index in [1.165, 1.54) is 11.3 Å². The van der Waals surface area contributed by atoms with Gasteiger partial charge >= 0.3 is 0 Å². The predicted octanol–water partition coefficient (Wildman–Crippen LogP) is 4.08. The first-order chi connectivity index (χ1) is 10.9. The third-order valence-corrected chi connectivity index (χ3v) is 4.21. The number of halogens is 1. The van der Waals surface area contributed by atoms with Gasteiger partial charge in [-0.15, -0.1) is 35.3 Å². The highest BCUT2D eigenvalue weighted by molar-refractivity contribution is 14.0. The lowest BCUT2D eigenvalue weighted by molar-refractivity contribution is 0.506. The van der Waals surface area contributed by atoms with E-state index in [1.807, 2.05) is 12.1 Å². The Kier molecular flexibility index (Phi) is 10.8. The van der Waals surface area contributed by atoms with Crippen molar-refractivity contribution in [2.75, 3.05) is 19.6 Å². The fraction of sp³-hybridized carbons (Fsp3) is 0.471. The molecule has 2 N–H and O–H groups in total. The van der Waals surface area contributed by atoms with Crippen molar-refractivity contribution < 1.29 is 4.42 Å². The molecule has 128 valence electrons. The largest absolute Gasteiger partial charge is 0.469 e. The molecule has 0 bridgehead atoms. The molecule has 4 nitrogen and oxygen atoms in total. The number of hydrogen-bond acceptors (Lipinski definition) is 3. The molecule has 23 heavy (non-hydrogen) atoms. The Morgan fingerprint density at radius 1 is 1.17 bits per heavy atom. The molecule has 0 aliphatic carbocycles. The number of nitrogens with one attached hydrogen (secondary N) is 2. The maximum absolute atomic E-state index is 5.35. The number of rotatable bonds is 9. The smallest absolute Gasteiger partial charge is 0.191 e. The van der Waals surface area contributed by atoms with Crippen molar-refractivity contribution in [2.24, 2.45) is 4.99 Å². The van der Waals surface area contributed by atoms with Gasteiger partial charge in [0.25, 0.3) is 0 Å². The molecule has 0 spiro atoms.